The Kier molecular flexibility index (Phi) is 5.73. The van der Waals surface area contributed by atoms with Gasteiger partial charge in [-0.1, -0.05) is 12.1 Å². The predicted molar refractivity (Wildman–Crippen MR) is 102 cm³/mol. The highest BCUT2D eigenvalue weighted by Gasteiger charge is 2.19. The molecule has 0 radical (unpaired) electrons. The maximum atomic E-state index is 12.5. The first kappa shape index (κ1) is 17.8. The molecule has 1 fully saturated rings. The number of hydrogen-bond acceptors (Lipinski definition) is 5. The minimum absolute atomic E-state index is 0.00394. The molecule has 1 aliphatic rings. The van der Waals surface area contributed by atoms with E-state index in [2.05, 4.69) is 9.88 Å². The first-order valence-electron chi connectivity index (χ1n) is 8.56. The monoisotopic (exact) mass is 353 g/mol. The molecule has 2 heterocycles. The predicted octanol–water partition coefficient (Wildman–Crippen LogP) is 2.46. The summed E-state index contributed by atoms with van der Waals surface area (Å²) in [6.45, 7) is 3.01. The van der Waals surface area contributed by atoms with Crippen LogP contribution in [0.1, 0.15) is 5.56 Å². The lowest BCUT2D eigenvalue weighted by Gasteiger charge is -2.35. The van der Waals surface area contributed by atoms with E-state index in [1.165, 1.54) is 0 Å². The first-order valence-corrected chi connectivity index (χ1v) is 8.56. The van der Waals surface area contributed by atoms with Gasteiger partial charge in [-0.2, -0.15) is 0 Å². The van der Waals surface area contributed by atoms with E-state index < -0.39 is 0 Å². The van der Waals surface area contributed by atoms with Crippen molar-refractivity contribution in [3.8, 4) is 11.5 Å². The van der Waals surface area contributed by atoms with Gasteiger partial charge in [0.05, 0.1) is 14.2 Å². The summed E-state index contributed by atoms with van der Waals surface area (Å²) in [6.07, 6.45) is 6.95. The molecule has 0 saturated carbocycles. The van der Waals surface area contributed by atoms with Crippen LogP contribution in [-0.4, -0.2) is 56.2 Å². The quantitative estimate of drug-likeness (QED) is 0.773. The van der Waals surface area contributed by atoms with Crippen molar-refractivity contribution in [1.29, 1.82) is 0 Å². The number of carbonyl (C=O) groups is 1. The number of hydrogen-bond donors (Lipinski definition) is 0. The molecule has 0 N–H and O–H groups in total. The number of rotatable bonds is 5. The number of piperazine rings is 1. The molecule has 1 amide bonds. The normalized spacial score (nSPS) is 14.5. The number of benzene rings is 1. The van der Waals surface area contributed by atoms with Crippen molar-refractivity contribution in [2.45, 2.75) is 0 Å². The first-order chi connectivity index (χ1) is 12.7. The third-order valence-corrected chi connectivity index (χ3v) is 4.46. The topological polar surface area (TPSA) is 54.9 Å². The summed E-state index contributed by atoms with van der Waals surface area (Å²) >= 11 is 0. The van der Waals surface area contributed by atoms with Crippen LogP contribution in [0.3, 0.4) is 0 Å². The molecule has 0 unspecified atom stereocenters. The van der Waals surface area contributed by atoms with E-state index in [1.807, 2.05) is 35.2 Å². The third kappa shape index (κ3) is 3.96. The fraction of sp³-hybridized carbons (Fsp3) is 0.300. The average molecular weight is 353 g/mol. The van der Waals surface area contributed by atoms with Crippen molar-refractivity contribution >= 4 is 17.7 Å². The zero-order valence-corrected chi connectivity index (χ0v) is 15.1. The molecule has 2 aromatic rings. The molecule has 0 bridgehead atoms. The highest BCUT2D eigenvalue weighted by molar-refractivity contribution is 5.92. The Balaban J connectivity index is 1.62. The highest BCUT2D eigenvalue weighted by atomic mass is 16.5. The molecule has 136 valence electrons. The van der Waals surface area contributed by atoms with Gasteiger partial charge in [0.25, 0.3) is 0 Å². The van der Waals surface area contributed by atoms with E-state index in [0.29, 0.717) is 24.6 Å². The molecule has 1 aromatic carbocycles. The van der Waals surface area contributed by atoms with E-state index in [9.17, 15) is 4.79 Å². The molecule has 1 saturated heterocycles. The summed E-state index contributed by atoms with van der Waals surface area (Å²) in [6, 6.07) is 9.58. The molecule has 3 rings (SSSR count). The minimum atomic E-state index is 0.00394. The molecule has 6 heteroatoms. The van der Waals surface area contributed by atoms with E-state index in [1.54, 1.807) is 38.8 Å². The van der Waals surface area contributed by atoms with Crippen molar-refractivity contribution in [1.82, 2.24) is 9.88 Å². The Hall–Kier alpha value is -3.02. The van der Waals surface area contributed by atoms with Gasteiger partial charge in [-0.05, 0) is 24.3 Å². The molecule has 26 heavy (non-hydrogen) atoms. The smallest absolute Gasteiger partial charge is 0.246 e. The van der Waals surface area contributed by atoms with Gasteiger partial charge >= 0.3 is 0 Å². The van der Waals surface area contributed by atoms with Crippen molar-refractivity contribution in [3.63, 3.8) is 0 Å². The summed E-state index contributed by atoms with van der Waals surface area (Å²) in [4.78, 5) is 20.7. The van der Waals surface area contributed by atoms with Crippen LogP contribution in [0.5, 0.6) is 11.5 Å². The fourth-order valence-corrected chi connectivity index (χ4v) is 3.05. The summed E-state index contributed by atoms with van der Waals surface area (Å²) in [5.41, 5.74) is 1.96. The molecule has 0 aliphatic carbocycles. The van der Waals surface area contributed by atoms with Crippen LogP contribution in [0.25, 0.3) is 6.08 Å². The van der Waals surface area contributed by atoms with Crippen molar-refractivity contribution < 1.29 is 14.3 Å². The van der Waals surface area contributed by atoms with Gasteiger partial charge in [-0.15, -0.1) is 0 Å². The molecule has 0 atom stereocenters. The number of pyridine rings is 1. The zero-order chi connectivity index (χ0) is 18.4. The Labute approximate surface area is 153 Å². The Morgan fingerprint density at radius 1 is 1.04 bits per heavy atom. The Morgan fingerprint density at radius 2 is 1.77 bits per heavy atom. The minimum Gasteiger partial charge on any atom is -0.493 e. The number of nitrogens with zero attached hydrogens (tertiary/aromatic N) is 3. The van der Waals surface area contributed by atoms with Crippen molar-refractivity contribution in [3.05, 3.63) is 54.4 Å². The second-order valence-electron chi connectivity index (χ2n) is 5.93. The van der Waals surface area contributed by atoms with E-state index in [4.69, 9.17) is 9.47 Å². The fourth-order valence-electron chi connectivity index (χ4n) is 3.05. The van der Waals surface area contributed by atoms with Crippen LogP contribution in [0.2, 0.25) is 0 Å². The number of carbonyl (C=O) groups excluding carboxylic acids is 1. The standard InChI is InChI=1S/C20H23N3O3/c1-25-18-5-3-4-16(20(18)26-2)6-7-19(24)23-14-12-22(13-15-23)17-8-10-21-11-9-17/h3-11H,12-15H2,1-2H3. The lowest BCUT2D eigenvalue weighted by molar-refractivity contribution is -0.126. The van der Waals surface area contributed by atoms with Crippen LogP contribution in [0.15, 0.2) is 48.8 Å². The lowest BCUT2D eigenvalue weighted by atomic mass is 10.1. The van der Waals surface area contributed by atoms with Gasteiger partial charge in [0, 0.05) is 55.9 Å². The average Bonchev–Trinajstić information content (AvgIpc) is 2.72. The van der Waals surface area contributed by atoms with Crippen molar-refractivity contribution in [2.75, 3.05) is 45.3 Å². The van der Waals surface area contributed by atoms with Crippen LogP contribution in [-0.2, 0) is 4.79 Å². The second kappa shape index (κ2) is 8.38. The molecular weight excluding hydrogens is 330 g/mol. The van der Waals surface area contributed by atoms with Crippen LogP contribution in [0, 0.1) is 0 Å². The molecule has 1 aliphatic heterocycles. The molecule has 6 nitrogen and oxygen atoms in total. The van der Waals surface area contributed by atoms with Crippen LogP contribution in [0.4, 0.5) is 5.69 Å². The summed E-state index contributed by atoms with van der Waals surface area (Å²) in [5.74, 6) is 1.28. The van der Waals surface area contributed by atoms with Gasteiger partial charge < -0.3 is 19.3 Å². The number of aromatic nitrogens is 1. The maximum Gasteiger partial charge on any atom is 0.246 e. The van der Waals surface area contributed by atoms with Crippen LogP contribution >= 0.6 is 0 Å². The largest absolute Gasteiger partial charge is 0.493 e. The van der Waals surface area contributed by atoms with Gasteiger partial charge in [-0.25, -0.2) is 0 Å². The second-order valence-corrected chi connectivity index (χ2v) is 5.93. The molecule has 0 spiro atoms. The summed E-state index contributed by atoms with van der Waals surface area (Å²) in [5, 5.41) is 0. The summed E-state index contributed by atoms with van der Waals surface area (Å²) < 4.78 is 10.7. The highest BCUT2D eigenvalue weighted by Crippen LogP contribution is 2.31. The van der Waals surface area contributed by atoms with Gasteiger partial charge in [0.1, 0.15) is 0 Å². The summed E-state index contributed by atoms with van der Waals surface area (Å²) in [7, 11) is 3.19. The number of amides is 1. The third-order valence-electron chi connectivity index (χ3n) is 4.46. The maximum absolute atomic E-state index is 12.5. The van der Waals surface area contributed by atoms with Gasteiger partial charge in [-0.3, -0.25) is 9.78 Å². The van der Waals surface area contributed by atoms with Crippen molar-refractivity contribution in [2.24, 2.45) is 0 Å². The van der Waals surface area contributed by atoms with Crippen LogP contribution < -0.4 is 14.4 Å². The number of para-hydroxylation sites is 1. The SMILES string of the molecule is COc1cccc(C=CC(=O)N2CCN(c3ccncc3)CC2)c1OC. The molecule has 1 aromatic heterocycles. The van der Waals surface area contributed by atoms with E-state index in [-0.39, 0.29) is 5.91 Å². The van der Waals surface area contributed by atoms with E-state index in [0.717, 1.165) is 24.3 Å². The molecular formula is C20H23N3O3. The number of anilines is 1. The number of methoxy groups -OCH3 is 2. The van der Waals surface area contributed by atoms with E-state index >= 15 is 0 Å². The van der Waals surface area contributed by atoms with Gasteiger partial charge in [0.15, 0.2) is 11.5 Å². The lowest BCUT2D eigenvalue weighted by Crippen LogP contribution is -2.48. The zero-order valence-electron chi connectivity index (χ0n) is 15.1. The number of ether oxygens (including phenoxy) is 2. The van der Waals surface area contributed by atoms with Gasteiger partial charge in [0.2, 0.25) is 5.91 Å². The Bertz CT molecular complexity index is 769. The Morgan fingerprint density at radius 3 is 2.42 bits per heavy atom.